The van der Waals surface area contributed by atoms with Crippen molar-refractivity contribution in [3.05, 3.63) is 22.2 Å². The average Bonchev–Trinajstić information content (AvgIpc) is 2.36. The predicted octanol–water partition coefficient (Wildman–Crippen LogP) is 3.53. The summed E-state index contributed by atoms with van der Waals surface area (Å²) in [6, 6.07) is 4.31. The van der Waals surface area contributed by atoms with Crippen molar-refractivity contribution in [1.29, 1.82) is 0 Å². The van der Waals surface area contributed by atoms with E-state index in [1.165, 1.54) is 5.56 Å². The van der Waals surface area contributed by atoms with Gasteiger partial charge in [0.2, 0.25) is 0 Å². The van der Waals surface area contributed by atoms with Crippen LogP contribution in [0.15, 0.2) is 16.6 Å². The van der Waals surface area contributed by atoms with Crippen molar-refractivity contribution in [2.45, 2.75) is 25.8 Å². The summed E-state index contributed by atoms with van der Waals surface area (Å²) >= 11 is 3.59. The molecule has 1 aromatic carbocycles. The van der Waals surface area contributed by atoms with E-state index in [2.05, 4.69) is 28.2 Å². The first-order valence-corrected chi connectivity index (χ1v) is 6.55. The van der Waals surface area contributed by atoms with E-state index in [9.17, 15) is 0 Å². The molecule has 0 fully saturated rings. The molecule has 0 bridgehead atoms. The Labute approximate surface area is 112 Å². The lowest BCUT2D eigenvalue weighted by atomic mass is 10.0. The van der Waals surface area contributed by atoms with Gasteiger partial charge in [-0.3, -0.25) is 0 Å². The standard InChI is InChI=1S/C13H20BrNO2/c1-5-6-11(15-2)9-7-12(16-3)13(17-4)8-10(9)14/h7-8,11,15H,5-6H2,1-4H3. The summed E-state index contributed by atoms with van der Waals surface area (Å²) in [5.74, 6) is 1.51. The first kappa shape index (κ1) is 14.3. The highest BCUT2D eigenvalue weighted by molar-refractivity contribution is 9.10. The Hall–Kier alpha value is -0.740. The van der Waals surface area contributed by atoms with Crippen LogP contribution in [0.2, 0.25) is 0 Å². The van der Waals surface area contributed by atoms with Crippen LogP contribution in [-0.2, 0) is 0 Å². The molecule has 1 atom stereocenters. The molecule has 1 unspecified atom stereocenters. The molecule has 96 valence electrons. The molecule has 17 heavy (non-hydrogen) atoms. The van der Waals surface area contributed by atoms with E-state index >= 15 is 0 Å². The van der Waals surface area contributed by atoms with Crippen molar-refractivity contribution in [3.63, 3.8) is 0 Å². The van der Waals surface area contributed by atoms with Crippen molar-refractivity contribution in [3.8, 4) is 11.5 Å². The largest absolute Gasteiger partial charge is 0.493 e. The van der Waals surface area contributed by atoms with Gasteiger partial charge in [0.05, 0.1) is 14.2 Å². The van der Waals surface area contributed by atoms with E-state index in [0.717, 1.165) is 28.8 Å². The molecule has 0 saturated carbocycles. The Morgan fingerprint density at radius 2 is 1.82 bits per heavy atom. The van der Waals surface area contributed by atoms with Crippen molar-refractivity contribution in [2.75, 3.05) is 21.3 Å². The van der Waals surface area contributed by atoms with Gasteiger partial charge in [-0.2, -0.15) is 0 Å². The molecule has 0 radical (unpaired) electrons. The number of halogens is 1. The van der Waals surface area contributed by atoms with Crippen LogP contribution in [-0.4, -0.2) is 21.3 Å². The summed E-state index contributed by atoms with van der Waals surface area (Å²) < 4.78 is 11.6. The van der Waals surface area contributed by atoms with E-state index in [0.29, 0.717) is 6.04 Å². The first-order chi connectivity index (χ1) is 8.17. The number of nitrogens with one attached hydrogen (secondary N) is 1. The second-order valence-electron chi connectivity index (χ2n) is 3.86. The summed E-state index contributed by atoms with van der Waals surface area (Å²) in [5, 5.41) is 3.32. The van der Waals surface area contributed by atoms with Crippen LogP contribution in [0.5, 0.6) is 11.5 Å². The number of hydrogen-bond donors (Lipinski definition) is 1. The average molecular weight is 302 g/mol. The van der Waals surface area contributed by atoms with Gasteiger partial charge in [0, 0.05) is 10.5 Å². The van der Waals surface area contributed by atoms with E-state index in [1.807, 2.05) is 19.2 Å². The van der Waals surface area contributed by atoms with Gasteiger partial charge in [0.15, 0.2) is 11.5 Å². The van der Waals surface area contributed by atoms with Crippen LogP contribution < -0.4 is 14.8 Å². The highest BCUT2D eigenvalue weighted by atomic mass is 79.9. The Balaban J connectivity index is 3.14. The quantitative estimate of drug-likeness (QED) is 0.872. The van der Waals surface area contributed by atoms with Gasteiger partial charge in [-0.05, 0) is 31.2 Å². The third kappa shape index (κ3) is 3.36. The van der Waals surface area contributed by atoms with Gasteiger partial charge < -0.3 is 14.8 Å². The minimum atomic E-state index is 0.328. The fourth-order valence-corrected chi connectivity index (χ4v) is 2.48. The molecule has 0 spiro atoms. The van der Waals surface area contributed by atoms with Gasteiger partial charge in [-0.1, -0.05) is 29.3 Å². The Morgan fingerprint density at radius 3 is 2.29 bits per heavy atom. The van der Waals surface area contributed by atoms with Crippen LogP contribution in [0.25, 0.3) is 0 Å². The summed E-state index contributed by atoms with van der Waals surface area (Å²) in [7, 11) is 5.28. The Bertz CT molecular complexity index is 369. The van der Waals surface area contributed by atoms with Crippen LogP contribution >= 0.6 is 15.9 Å². The van der Waals surface area contributed by atoms with Crippen LogP contribution in [0, 0.1) is 0 Å². The summed E-state index contributed by atoms with van der Waals surface area (Å²) in [5.41, 5.74) is 1.20. The number of methoxy groups -OCH3 is 2. The topological polar surface area (TPSA) is 30.5 Å². The Morgan fingerprint density at radius 1 is 1.24 bits per heavy atom. The molecular weight excluding hydrogens is 282 g/mol. The normalized spacial score (nSPS) is 12.3. The zero-order chi connectivity index (χ0) is 12.8. The third-order valence-electron chi connectivity index (χ3n) is 2.80. The van der Waals surface area contributed by atoms with Gasteiger partial charge in [0.25, 0.3) is 0 Å². The SMILES string of the molecule is CCCC(NC)c1cc(OC)c(OC)cc1Br. The molecular formula is C13H20BrNO2. The van der Waals surface area contributed by atoms with E-state index in [4.69, 9.17) is 9.47 Å². The lowest BCUT2D eigenvalue weighted by Gasteiger charge is -2.19. The number of hydrogen-bond acceptors (Lipinski definition) is 3. The van der Waals surface area contributed by atoms with E-state index < -0.39 is 0 Å². The lowest BCUT2D eigenvalue weighted by molar-refractivity contribution is 0.353. The zero-order valence-corrected chi connectivity index (χ0v) is 12.4. The van der Waals surface area contributed by atoms with Gasteiger partial charge >= 0.3 is 0 Å². The fourth-order valence-electron chi connectivity index (χ4n) is 1.88. The molecule has 0 saturated heterocycles. The number of benzene rings is 1. The second-order valence-corrected chi connectivity index (χ2v) is 4.71. The molecule has 0 aliphatic heterocycles. The van der Waals surface area contributed by atoms with Crippen molar-refractivity contribution in [1.82, 2.24) is 5.32 Å². The monoisotopic (exact) mass is 301 g/mol. The molecule has 3 nitrogen and oxygen atoms in total. The fraction of sp³-hybridized carbons (Fsp3) is 0.538. The summed E-state index contributed by atoms with van der Waals surface area (Å²) in [4.78, 5) is 0. The maximum Gasteiger partial charge on any atom is 0.161 e. The highest BCUT2D eigenvalue weighted by Gasteiger charge is 2.16. The van der Waals surface area contributed by atoms with Crippen LogP contribution in [0.4, 0.5) is 0 Å². The predicted molar refractivity (Wildman–Crippen MR) is 74.0 cm³/mol. The lowest BCUT2D eigenvalue weighted by Crippen LogP contribution is -2.16. The molecule has 0 aromatic heterocycles. The van der Waals surface area contributed by atoms with Gasteiger partial charge in [-0.25, -0.2) is 0 Å². The number of ether oxygens (including phenoxy) is 2. The van der Waals surface area contributed by atoms with Gasteiger partial charge in [0.1, 0.15) is 0 Å². The third-order valence-corrected chi connectivity index (χ3v) is 3.49. The maximum absolute atomic E-state index is 5.33. The molecule has 1 N–H and O–H groups in total. The Kier molecular flexibility index (Phi) is 5.78. The van der Waals surface area contributed by atoms with Crippen LogP contribution in [0.3, 0.4) is 0 Å². The molecule has 0 heterocycles. The minimum absolute atomic E-state index is 0.328. The molecule has 0 amide bonds. The molecule has 4 heteroatoms. The van der Waals surface area contributed by atoms with Crippen molar-refractivity contribution < 1.29 is 9.47 Å². The van der Waals surface area contributed by atoms with E-state index in [-0.39, 0.29) is 0 Å². The van der Waals surface area contributed by atoms with Crippen LogP contribution in [0.1, 0.15) is 31.4 Å². The second kappa shape index (κ2) is 6.87. The molecule has 0 aliphatic carbocycles. The van der Waals surface area contributed by atoms with Crippen molar-refractivity contribution in [2.24, 2.45) is 0 Å². The van der Waals surface area contributed by atoms with Gasteiger partial charge in [-0.15, -0.1) is 0 Å². The van der Waals surface area contributed by atoms with E-state index in [1.54, 1.807) is 14.2 Å². The summed E-state index contributed by atoms with van der Waals surface area (Å²) in [6.07, 6.45) is 2.22. The van der Waals surface area contributed by atoms with Crippen molar-refractivity contribution >= 4 is 15.9 Å². The molecule has 0 aliphatic rings. The number of rotatable bonds is 6. The molecule has 1 aromatic rings. The maximum atomic E-state index is 5.33. The zero-order valence-electron chi connectivity index (χ0n) is 10.8. The smallest absolute Gasteiger partial charge is 0.161 e. The minimum Gasteiger partial charge on any atom is -0.493 e. The molecule has 1 rings (SSSR count). The highest BCUT2D eigenvalue weighted by Crippen LogP contribution is 2.36. The summed E-state index contributed by atoms with van der Waals surface area (Å²) in [6.45, 7) is 2.18. The first-order valence-electron chi connectivity index (χ1n) is 5.76.